The molecule has 49 heavy (non-hydrogen) atoms. The minimum absolute atomic E-state index is 0.000316. The number of aliphatic hydroxyl groups excluding tert-OH is 4. The Morgan fingerprint density at radius 3 is 1.45 bits per heavy atom. The van der Waals surface area contributed by atoms with Crippen molar-refractivity contribution in [3.05, 3.63) is 0 Å². The van der Waals surface area contributed by atoms with E-state index in [9.17, 15) is 20.4 Å². The van der Waals surface area contributed by atoms with Crippen LogP contribution in [0.25, 0.3) is 0 Å². The lowest BCUT2D eigenvalue weighted by atomic mass is 9.76. The Kier molecular flexibility index (Phi) is 16.5. The molecule has 0 aromatic heterocycles. The summed E-state index contributed by atoms with van der Waals surface area (Å²) in [5.74, 6) is 0.472. The van der Waals surface area contributed by atoms with Crippen molar-refractivity contribution in [3.63, 3.8) is 0 Å². The Morgan fingerprint density at radius 1 is 0.653 bits per heavy atom. The van der Waals surface area contributed by atoms with E-state index in [1.54, 1.807) is 0 Å². The first-order chi connectivity index (χ1) is 23.3. The minimum Gasteiger partial charge on any atom is -0.392 e. The molecular weight excluding hydrogens is 630 g/mol. The topological polar surface area (TPSA) is 151 Å². The molecule has 4 aliphatic rings. The molecule has 0 spiro atoms. The summed E-state index contributed by atoms with van der Waals surface area (Å²) in [5.41, 5.74) is 0. The van der Waals surface area contributed by atoms with Gasteiger partial charge in [-0.1, -0.05) is 0 Å². The van der Waals surface area contributed by atoms with Gasteiger partial charge in [0.1, 0.15) is 12.2 Å². The number of hydrogen-bond donors (Lipinski definition) is 6. The van der Waals surface area contributed by atoms with Crippen LogP contribution in [0.4, 0.5) is 0 Å². The molecule has 0 radical (unpaired) electrons. The molecule has 4 fully saturated rings. The normalized spacial score (nSPS) is 40.5. The second-order valence-electron chi connectivity index (χ2n) is 16.2. The van der Waals surface area contributed by atoms with E-state index in [0.717, 1.165) is 57.9 Å². The van der Waals surface area contributed by atoms with Crippen molar-refractivity contribution in [1.82, 2.24) is 10.6 Å². The summed E-state index contributed by atoms with van der Waals surface area (Å²) >= 11 is 0. The predicted octanol–water partition coefficient (Wildman–Crippen LogP) is 2.49. The number of hydrogen-bond acceptors (Lipinski definition) is 11. The Labute approximate surface area is 296 Å². The number of rotatable bonds is 17. The van der Waals surface area contributed by atoms with E-state index < -0.39 is 24.4 Å². The molecule has 12 nitrogen and oxygen atoms in total. The summed E-state index contributed by atoms with van der Waals surface area (Å²) in [4.78, 5) is 0. The third-order valence-electron chi connectivity index (χ3n) is 11.9. The van der Waals surface area contributed by atoms with Gasteiger partial charge in [0.25, 0.3) is 0 Å². The van der Waals surface area contributed by atoms with Gasteiger partial charge in [-0.05, 0) is 91.9 Å². The Hall–Kier alpha value is -0.480. The summed E-state index contributed by atoms with van der Waals surface area (Å²) in [5, 5.41) is 52.2. The van der Waals surface area contributed by atoms with Gasteiger partial charge < -0.3 is 44.1 Å². The van der Waals surface area contributed by atoms with Crippen LogP contribution in [0.2, 0.25) is 0 Å². The third kappa shape index (κ3) is 11.5. The average molecular weight is 703 g/mol. The predicted molar refractivity (Wildman–Crippen MR) is 187 cm³/mol. The van der Waals surface area contributed by atoms with E-state index in [1.165, 1.54) is 0 Å². The summed E-state index contributed by atoms with van der Waals surface area (Å²) in [6, 6.07) is 0. The molecule has 4 rings (SSSR count). The van der Waals surface area contributed by atoms with Crippen molar-refractivity contribution in [2.45, 2.75) is 172 Å². The van der Waals surface area contributed by atoms with Crippen molar-refractivity contribution in [2.24, 2.45) is 17.8 Å². The van der Waals surface area contributed by atoms with Crippen molar-refractivity contribution in [1.29, 1.82) is 0 Å². The van der Waals surface area contributed by atoms with Gasteiger partial charge in [0, 0.05) is 20.0 Å². The quantitative estimate of drug-likeness (QED) is 0.124. The zero-order chi connectivity index (χ0) is 35.7. The molecule has 0 aromatic carbocycles. The van der Waals surface area contributed by atoms with E-state index in [4.69, 9.17) is 23.7 Å². The maximum Gasteiger partial charge on any atom is 0.150 e. The molecule has 10 atom stereocenters. The molecule has 1 saturated heterocycles. The molecule has 288 valence electrons. The largest absolute Gasteiger partial charge is 0.392 e. The zero-order valence-corrected chi connectivity index (χ0v) is 31.5. The molecule has 0 bridgehead atoms. The fourth-order valence-corrected chi connectivity index (χ4v) is 8.88. The number of ether oxygens (including phenoxy) is 5. The van der Waals surface area contributed by atoms with Gasteiger partial charge in [-0.2, -0.15) is 0 Å². The first-order valence-corrected chi connectivity index (χ1v) is 19.4. The van der Waals surface area contributed by atoms with E-state index >= 15 is 0 Å². The van der Waals surface area contributed by atoms with Crippen LogP contribution in [0.5, 0.6) is 0 Å². The maximum atomic E-state index is 11.7. The highest BCUT2D eigenvalue weighted by Gasteiger charge is 2.56. The van der Waals surface area contributed by atoms with Crippen LogP contribution in [0, 0.1) is 17.8 Å². The summed E-state index contributed by atoms with van der Waals surface area (Å²) < 4.78 is 29.6. The van der Waals surface area contributed by atoms with E-state index in [-0.39, 0.29) is 81.2 Å². The SMILES string of the molecule is CC[N+]1(C)C(C2CCC(OCC(O)COC(C)C)CC2O)NC(C2CCC(OC)CC2)NC1C1CCC(OCC(O)COC(C)C)CC1O. The highest BCUT2D eigenvalue weighted by molar-refractivity contribution is 4.95. The molecule has 1 heterocycles. The first-order valence-electron chi connectivity index (χ1n) is 19.4. The highest BCUT2D eigenvalue weighted by atomic mass is 16.5. The van der Waals surface area contributed by atoms with Gasteiger partial charge in [-0.3, -0.25) is 15.1 Å². The number of nitrogens with zero attached hydrogens (tertiary/aromatic N) is 1. The van der Waals surface area contributed by atoms with Crippen molar-refractivity contribution in [2.75, 3.05) is 47.1 Å². The molecule has 12 heteroatoms. The van der Waals surface area contributed by atoms with Gasteiger partial charge in [-0.25, -0.2) is 0 Å². The van der Waals surface area contributed by atoms with Crippen LogP contribution >= 0.6 is 0 Å². The molecular formula is C37H72N3O9+. The molecule has 0 aromatic rings. The molecule has 0 amide bonds. The second-order valence-corrected chi connectivity index (χ2v) is 16.2. The van der Waals surface area contributed by atoms with E-state index in [1.807, 2.05) is 34.8 Å². The maximum absolute atomic E-state index is 11.7. The van der Waals surface area contributed by atoms with Gasteiger partial charge >= 0.3 is 0 Å². The zero-order valence-electron chi connectivity index (χ0n) is 31.5. The molecule has 1 aliphatic heterocycles. The van der Waals surface area contributed by atoms with Crippen LogP contribution in [0.1, 0.15) is 98.8 Å². The van der Waals surface area contributed by atoms with Crippen molar-refractivity contribution in [3.8, 4) is 0 Å². The standard InChI is InChI=1S/C37H72N3O9/c1-8-40(6)36(31-15-13-29(17-33(31)43)48-21-26(41)19-46-23(2)3)38-35(25-9-11-28(45-7)12-10-25)39-37(40)32-16-14-30(18-34(32)44)49-22-27(42)20-47-24(4)5/h23-39,41-44H,8-22H2,1-7H3/q+1. The minimum atomic E-state index is -0.686. The Bertz CT molecular complexity index is 883. The molecule has 3 aliphatic carbocycles. The number of nitrogens with one attached hydrogen (secondary N) is 2. The average Bonchev–Trinajstić information content (AvgIpc) is 3.08. The smallest absolute Gasteiger partial charge is 0.150 e. The van der Waals surface area contributed by atoms with Crippen LogP contribution in [0.15, 0.2) is 0 Å². The second kappa shape index (κ2) is 19.6. The van der Waals surface area contributed by atoms with Gasteiger partial charge in [0.2, 0.25) is 0 Å². The monoisotopic (exact) mass is 703 g/mol. The molecule has 6 N–H and O–H groups in total. The van der Waals surface area contributed by atoms with Gasteiger partial charge in [0.05, 0.1) is 101 Å². The van der Waals surface area contributed by atoms with Crippen LogP contribution in [-0.2, 0) is 23.7 Å². The van der Waals surface area contributed by atoms with Gasteiger partial charge in [-0.15, -0.1) is 0 Å². The summed E-state index contributed by atoms with van der Waals surface area (Å²) in [6.45, 7) is 11.7. The Balaban J connectivity index is 1.45. The molecule has 3 saturated carbocycles. The number of methoxy groups -OCH3 is 1. The lowest BCUT2D eigenvalue weighted by Crippen LogP contribution is -2.82. The lowest BCUT2D eigenvalue weighted by Gasteiger charge is -2.59. The van der Waals surface area contributed by atoms with Crippen LogP contribution < -0.4 is 10.6 Å². The van der Waals surface area contributed by atoms with E-state index in [2.05, 4.69) is 24.6 Å². The number of aliphatic hydroxyl groups is 4. The van der Waals surface area contributed by atoms with Crippen LogP contribution in [0.3, 0.4) is 0 Å². The third-order valence-corrected chi connectivity index (χ3v) is 11.9. The summed E-state index contributed by atoms with van der Waals surface area (Å²) in [7, 11) is 4.09. The van der Waals surface area contributed by atoms with Gasteiger partial charge in [0.15, 0.2) is 12.3 Å². The highest BCUT2D eigenvalue weighted by Crippen LogP contribution is 2.41. The van der Waals surface area contributed by atoms with Crippen LogP contribution in [-0.4, -0.2) is 145 Å². The summed E-state index contributed by atoms with van der Waals surface area (Å²) in [6.07, 6.45) is 6.35. The fourth-order valence-electron chi connectivity index (χ4n) is 8.88. The number of quaternary nitrogens is 1. The lowest BCUT2D eigenvalue weighted by molar-refractivity contribution is -0.975. The fraction of sp³-hybridized carbons (Fsp3) is 1.00. The van der Waals surface area contributed by atoms with Crippen molar-refractivity contribution < 1.29 is 48.6 Å². The van der Waals surface area contributed by atoms with E-state index in [0.29, 0.717) is 29.3 Å². The first kappa shape index (κ1) is 41.3. The van der Waals surface area contributed by atoms with Crippen molar-refractivity contribution >= 4 is 0 Å². The molecule has 10 unspecified atom stereocenters. The Morgan fingerprint density at radius 2 is 1.08 bits per heavy atom.